The van der Waals surface area contributed by atoms with Crippen LogP contribution in [0.3, 0.4) is 0 Å². The van der Waals surface area contributed by atoms with Crippen molar-refractivity contribution in [1.29, 1.82) is 0 Å². The molecule has 0 radical (unpaired) electrons. The Kier molecular flexibility index (Phi) is 5.49. The summed E-state index contributed by atoms with van der Waals surface area (Å²) in [5, 5.41) is 11.7. The van der Waals surface area contributed by atoms with Gasteiger partial charge in [0.15, 0.2) is 0 Å². The zero-order chi connectivity index (χ0) is 19.6. The highest BCUT2D eigenvalue weighted by Gasteiger charge is 2.30. The van der Waals surface area contributed by atoms with E-state index >= 15 is 0 Å². The summed E-state index contributed by atoms with van der Waals surface area (Å²) in [5.74, 6) is -0.939. The van der Waals surface area contributed by atoms with E-state index in [1.165, 1.54) is 0 Å². The normalized spacial score (nSPS) is 15.8. The zero-order valence-corrected chi connectivity index (χ0v) is 15.9. The van der Waals surface area contributed by atoms with Crippen LogP contribution in [-0.4, -0.2) is 29.8 Å². The molecule has 2 aromatic carbocycles. The Morgan fingerprint density at radius 3 is 2.52 bits per heavy atom. The van der Waals surface area contributed by atoms with Crippen LogP contribution in [0.5, 0.6) is 0 Å². The second-order valence-corrected chi connectivity index (χ2v) is 7.49. The van der Waals surface area contributed by atoms with Crippen molar-refractivity contribution in [2.24, 2.45) is 5.92 Å². The van der Waals surface area contributed by atoms with Gasteiger partial charge in [0.1, 0.15) is 12.6 Å². The van der Waals surface area contributed by atoms with E-state index in [1.807, 2.05) is 32.9 Å². The van der Waals surface area contributed by atoms with Gasteiger partial charge in [-0.25, -0.2) is 9.59 Å². The molecule has 1 aliphatic rings. The number of hydrogen-bond acceptors (Lipinski definition) is 3. The van der Waals surface area contributed by atoms with Gasteiger partial charge in [0.25, 0.3) is 0 Å². The van der Waals surface area contributed by atoms with Crippen molar-refractivity contribution in [2.45, 2.75) is 39.2 Å². The highest BCUT2D eigenvalue weighted by atomic mass is 16.5. The number of ether oxygens (including phenoxy) is 1. The number of carboxylic acids is 1. The topological polar surface area (TPSA) is 75.6 Å². The molecule has 1 amide bonds. The summed E-state index contributed by atoms with van der Waals surface area (Å²) in [6.07, 6.45) is -0.333. The van der Waals surface area contributed by atoms with Crippen molar-refractivity contribution < 1.29 is 19.4 Å². The van der Waals surface area contributed by atoms with Crippen LogP contribution in [0.15, 0.2) is 42.5 Å². The highest BCUT2D eigenvalue weighted by Crippen LogP contribution is 2.45. The van der Waals surface area contributed by atoms with Gasteiger partial charge in [-0.15, -0.1) is 0 Å². The van der Waals surface area contributed by atoms with E-state index in [2.05, 4.69) is 35.6 Å². The molecule has 0 aromatic heterocycles. The second-order valence-electron chi connectivity index (χ2n) is 7.49. The molecule has 0 saturated heterocycles. The van der Waals surface area contributed by atoms with Gasteiger partial charge in [-0.1, -0.05) is 61.9 Å². The minimum absolute atomic E-state index is 0.0461. The van der Waals surface area contributed by atoms with Gasteiger partial charge in [-0.3, -0.25) is 0 Å². The lowest BCUT2D eigenvalue weighted by atomic mass is 9.97. The number of carboxylic acid groups (broad SMARTS) is 1. The molecule has 0 heterocycles. The minimum Gasteiger partial charge on any atom is -0.480 e. The van der Waals surface area contributed by atoms with Gasteiger partial charge in [0, 0.05) is 5.92 Å². The third-order valence-corrected chi connectivity index (χ3v) is 4.89. The molecule has 142 valence electrons. The lowest BCUT2D eigenvalue weighted by Crippen LogP contribution is -2.42. The van der Waals surface area contributed by atoms with Crippen molar-refractivity contribution in [3.05, 3.63) is 59.2 Å². The molecule has 2 N–H and O–H groups in total. The summed E-state index contributed by atoms with van der Waals surface area (Å²) in [6, 6.07) is 13.5. The van der Waals surface area contributed by atoms with Crippen molar-refractivity contribution in [3.8, 4) is 11.1 Å². The van der Waals surface area contributed by atoms with E-state index in [9.17, 15) is 14.7 Å². The van der Waals surface area contributed by atoms with E-state index in [4.69, 9.17) is 4.74 Å². The summed E-state index contributed by atoms with van der Waals surface area (Å²) in [6.45, 7) is 6.04. The number of nitrogens with one attached hydrogen (secondary N) is 1. The Labute approximate surface area is 159 Å². The van der Waals surface area contributed by atoms with Gasteiger partial charge >= 0.3 is 12.1 Å². The van der Waals surface area contributed by atoms with Crippen molar-refractivity contribution >= 4 is 12.1 Å². The number of alkyl carbamates (subject to hydrolysis) is 1. The number of rotatable bonds is 6. The van der Waals surface area contributed by atoms with Crippen LogP contribution < -0.4 is 5.32 Å². The van der Waals surface area contributed by atoms with E-state index in [1.54, 1.807) is 0 Å². The molecule has 2 aromatic rings. The largest absolute Gasteiger partial charge is 0.480 e. The van der Waals surface area contributed by atoms with Crippen molar-refractivity contribution in [1.82, 2.24) is 5.32 Å². The molecule has 5 nitrogen and oxygen atoms in total. The molecule has 0 aliphatic heterocycles. The van der Waals surface area contributed by atoms with E-state index in [0.29, 0.717) is 6.42 Å². The van der Waals surface area contributed by atoms with Gasteiger partial charge < -0.3 is 15.2 Å². The number of fused-ring (bicyclic) bond motifs is 3. The summed E-state index contributed by atoms with van der Waals surface area (Å²) in [7, 11) is 0. The van der Waals surface area contributed by atoms with Crippen LogP contribution in [0.1, 0.15) is 42.9 Å². The average Bonchev–Trinajstić information content (AvgIpc) is 2.92. The Morgan fingerprint density at radius 2 is 1.81 bits per heavy atom. The molecule has 1 unspecified atom stereocenters. The number of aliphatic carboxylic acids is 1. The summed E-state index contributed by atoms with van der Waals surface area (Å²) >= 11 is 0. The van der Waals surface area contributed by atoms with Crippen LogP contribution in [0.25, 0.3) is 11.1 Å². The molecular weight excluding hydrogens is 342 g/mol. The fourth-order valence-electron chi connectivity index (χ4n) is 3.64. The minimum atomic E-state index is -1.05. The van der Waals surface area contributed by atoms with Crippen molar-refractivity contribution in [2.75, 3.05) is 6.61 Å². The third-order valence-electron chi connectivity index (χ3n) is 4.89. The number of carbonyl (C=O) groups excluding carboxylic acids is 1. The number of hydrogen-bond donors (Lipinski definition) is 2. The monoisotopic (exact) mass is 367 g/mol. The van der Waals surface area contributed by atoms with Gasteiger partial charge in [0.05, 0.1) is 0 Å². The Balaban J connectivity index is 1.73. The fraction of sp³-hybridized carbons (Fsp3) is 0.364. The van der Waals surface area contributed by atoms with Crippen LogP contribution in [0, 0.1) is 12.8 Å². The maximum atomic E-state index is 12.2. The van der Waals surface area contributed by atoms with E-state index in [-0.39, 0.29) is 18.4 Å². The first kappa shape index (κ1) is 19.0. The SMILES string of the molecule is Cc1ccc2c(c1)C(COC(=O)N[C@@H](CC(C)C)C(=O)O)c1ccccc1-2. The average molecular weight is 367 g/mol. The first-order valence-electron chi connectivity index (χ1n) is 9.22. The molecule has 27 heavy (non-hydrogen) atoms. The lowest BCUT2D eigenvalue weighted by Gasteiger charge is -2.18. The number of aryl methyl sites for hydroxylation is 1. The van der Waals surface area contributed by atoms with Crippen LogP contribution in [-0.2, 0) is 9.53 Å². The molecule has 2 atom stereocenters. The molecule has 0 spiro atoms. The predicted octanol–water partition coefficient (Wildman–Crippen LogP) is 4.33. The maximum absolute atomic E-state index is 12.2. The first-order chi connectivity index (χ1) is 12.9. The van der Waals surface area contributed by atoms with Gasteiger partial charge in [0.2, 0.25) is 0 Å². The Hall–Kier alpha value is -2.82. The van der Waals surface area contributed by atoms with E-state index < -0.39 is 18.1 Å². The molecule has 0 fully saturated rings. The summed E-state index contributed by atoms with van der Waals surface area (Å²) in [5.41, 5.74) is 5.74. The standard InChI is InChI=1S/C22H25NO4/c1-13(2)10-20(21(24)25)23-22(26)27-12-19-16-7-5-4-6-15(16)17-9-8-14(3)11-18(17)19/h4-9,11,13,19-20H,10,12H2,1-3H3,(H,23,26)(H,24,25)/t19?,20-/m0/s1. The lowest BCUT2D eigenvalue weighted by molar-refractivity contribution is -0.139. The van der Waals surface area contributed by atoms with Crippen LogP contribution >= 0.6 is 0 Å². The predicted molar refractivity (Wildman–Crippen MR) is 104 cm³/mol. The Bertz CT molecular complexity index is 859. The molecule has 0 saturated carbocycles. The summed E-state index contributed by atoms with van der Waals surface area (Å²) < 4.78 is 5.43. The van der Waals surface area contributed by atoms with Crippen molar-refractivity contribution in [3.63, 3.8) is 0 Å². The zero-order valence-electron chi connectivity index (χ0n) is 15.9. The first-order valence-corrected chi connectivity index (χ1v) is 9.22. The molecular formula is C22H25NO4. The summed E-state index contributed by atoms with van der Waals surface area (Å²) in [4.78, 5) is 23.5. The number of amides is 1. The van der Waals surface area contributed by atoms with Crippen LogP contribution in [0.2, 0.25) is 0 Å². The van der Waals surface area contributed by atoms with Gasteiger partial charge in [-0.05, 0) is 41.5 Å². The third kappa shape index (κ3) is 4.13. The Morgan fingerprint density at radius 1 is 1.11 bits per heavy atom. The molecule has 3 rings (SSSR count). The smallest absolute Gasteiger partial charge is 0.407 e. The highest BCUT2D eigenvalue weighted by molar-refractivity contribution is 5.81. The number of benzene rings is 2. The molecule has 5 heteroatoms. The fourth-order valence-corrected chi connectivity index (χ4v) is 3.64. The second kappa shape index (κ2) is 7.82. The molecule has 0 bridgehead atoms. The van der Waals surface area contributed by atoms with Crippen LogP contribution in [0.4, 0.5) is 4.79 Å². The van der Waals surface area contributed by atoms with Gasteiger partial charge in [-0.2, -0.15) is 0 Å². The quantitative estimate of drug-likeness (QED) is 0.797. The van der Waals surface area contributed by atoms with E-state index in [0.717, 1.165) is 27.8 Å². The number of carbonyl (C=O) groups is 2. The molecule has 1 aliphatic carbocycles. The maximum Gasteiger partial charge on any atom is 0.407 e.